The lowest BCUT2D eigenvalue weighted by atomic mass is 10.00. The van der Waals surface area contributed by atoms with E-state index in [1.165, 1.54) is 46.3 Å². The predicted molar refractivity (Wildman–Crippen MR) is 157 cm³/mol. The molecule has 33 heavy (non-hydrogen) atoms. The van der Waals surface area contributed by atoms with Crippen molar-refractivity contribution in [1.29, 1.82) is 0 Å². The third-order valence-corrected chi connectivity index (χ3v) is 9.28. The Balaban J connectivity index is 1.97. The second-order valence-electron chi connectivity index (χ2n) is 7.98. The fourth-order valence-corrected chi connectivity index (χ4v) is 7.80. The van der Waals surface area contributed by atoms with Crippen LogP contribution in [-0.2, 0) is 0 Å². The zero-order valence-electron chi connectivity index (χ0n) is 19.1. The fraction of sp³-hybridized carbons (Fsp3) is 0.103. The molecule has 0 N–H and O–H groups in total. The van der Waals surface area contributed by atoms with Crippen LogP contribution in [0, 0.1) is 29.9 Å². The zero-order chi connectivity index (χ0) is 22.9. The van der Waals surface area contributed by atoms with Crippen LogP contribution in [0.2, 0.25) is 13.1 Å². The van der Waals surface area contributed by atoms with Crippen LogP contribution in [0.4, 0.5) is 0 Å². The molecule has 0 aliphatic rings. The Hall–Kier alpha value is -2.87. The van der Waals surface area contributed by atoms with E-state index in [0.29, 0.717) is 0 Å². The van der Waals surface area contributed by atoms with E-state index >= 15 is 0 Å². The molecule has 0 bridgehead atoms. The number of benzene rings is 3. The summed E-state index contributed by atoms with van der Waals surface area (Å²) in [4.78, 5) is 1.32. The van der Waals surface area contributed by atoms with Gasteiger partial charge in [0.15, 0.2) is 0 Å². The SMILES string of the molecule is C=c1cccc/c1=C(\C#C[SiH2]C)c1c(C)sc2c1sc1cc3ccccc3c(C#C[SiH2]C)c12. The van der Waals surface area contributed by atoms with E-state index in [-0.39, 0.29) is 19.0 Å². The molecule has 2 heterocycles. The van der Waals surface area contributed by atoms with Crippen molar-refractivity contribution in [1.82, 2.24) is 0 Å². The first-order valence-electron chi connectivity index (χ1n) is 11.3. The van der Waals surface area contributed by atoms with Crippen LogP contribution in [0.15, 0.2) is 54.6 Å². The normalized spacial score (nSPS) is 12.6. The minimum atomic E-state index is -0.373. The summed E-state index contributed by atoms with van der Waals surface area (Å²) in [5.74, 6) is 7.14. The fourth-order valence-electron chi connectivity index (χ4n) is 4.33. The van der Waals surface area contributed by atoms with Crippen molar-refractivity contribution in [3.63, 3.8) is 0 Å². The van der Waals surface area contributed by atoms with Crippen molar-refractivity contribution in [3.05, 3.63) is 81.0 Å². The molecule has 5 rings (SSSR count). The van der Waals surface area contributed by atoms with E-state index in [2.05, 4.69) is 104 Å². The lowest BCUT2D eigenvalue weighted by molar-refractivity contribution is 1.49. The van der Waals surface area contributed by atoms with Crippen molar-refractivity contribution >= 4 is 84.1 Å². The van der Waals surface area contributed by atoms with Gasteiger partial charge in [0.05, 0.1) is 9.40 Å². The molecule has 0 unspecified atom stereocenters. The topological polar surface area (TPSA) is 0 Å². The number of hydrogen-bond acceptors (Lipinski definition) is 2. The van der Waals surface area contributed by atoms with E-state index in [4.69, 9.17) is 0 Å². The van der Waals surface area contributed by atoms with E-state index in [1.54, 1.807) is 0 Å². The van der Waals surface area contributed by atoms with Crippen molar-refractivity contribution in [2.45, 2.75) is 20.0 Å². The standard InChI is InChI=1S/C29H24S2Si2/c1-18-9-5-7-11-21(18)23(13-15-32-3)26-19(2)30-29-27-24(14-16-33-4)22-12-8-6-10-20(22)17-25(27)31-28(26)29/h5-12,17H,1,32-33H2,2-4H3/b23-21-. The maximum absolute atomic E-state index is 4.31. The van der Waals surface area contributed by atoms with Crippen LogP contribution in [0.3, 0.4) is 0 Å². The van der Waals surface area contributed by atoms with Crippen molar-refractivity contribution in [3.8, 4) is 22.9 Å². The van der Waals surface area contributed by atoms with Gasteiger partial charge in [0, 0.05) is 31.7 Å². The van der Waals surface area contributed by atoms with Crippen molar-refractivity contribution in [2.24, 2.45) is 0 Å². The van der Waals surface area contributed by atoms with Crippen LogP contribution in [0.1, 0.15) is 16.0 Å². The van der Waals surface area contributed by atoms with Gasteiger partial charge in [-0.1, -0.05) is 80.0 Å². The largest absolute Gasteiger partial charge is 0.138 e. The van der Waals surface area contributed by atoms with E-state index < -0.39 is 0 Å². The Kier molecular flexibility index (Phi) is 6.10. The third kappa shape index (κ3) is 3.80. The summed E-state index contributed by atoms with van der Waals surface area (Å²) in [6.07, 6.45) is 0. The molecule has 0 atom stereocenters. The highest BCUT2D eigenvalue weighted by Gasteiger charge is 2.20. The summed E-state index contributed by atoms with van der Waals surface area (Å²) in [5, 5.41) is 6.03. The van der Waals surface area contributed by atoms with Gasteiger partial charge >= 0.3 is 0 Å². The molecule has 4 heteroatoms. The summed E-state index contributed by atoms with van der Waals surface area (Å²) in [5.41, 5.74) is 10.6. The molecule has 0 aliphatic carbocycles. The molecule has 0 spiro atoms. The highest BCUT2D eigenvalue weighted by molar-refractivity contribution is 7.33. The van der Waals surface area contributed by atoms with Gasteiger partial charge in [-0.15, -0.1) is 33.8 Å². The lowest BCUT2D eigenvalue weighted by Gasteiger charge is -2.04. The number of rotatable bonds is 1. The molecule has 0 saturated carbocycles. The highest BCUT2D eigenvalue weighted by Crippen LogP contribution is 2.47. The molecule has 5 aromatic rings. The Labute approximate surface area is 207 Å². The van der Waals surface area contributed by atoms with Crippen LogP contribution in [-0.4, -0.2) is 19.0 Å². The molecular formula is C29H24S2Si2. The monoisotopic (exact) mass is 492 g/mol. The maximum Gasteiger partial charge on any atom is 0.104 e. The number of aryl methyl sites for hydroxylation is 1. The number of fused-ring (bicyclic) bond motifs is 4. The Bertz CT molecular complexity index is 1780. The zero-order valence-corrected chi connectivity index (χ0v) is 23.6. The van der Waals surface area contributed by atoms with Crippen LogP contribution < -0.4 is 10.4 Å². The van der Waals surface area contributed by atoms with Gasteiger partial charge in [-0.05, 0) is 34.2 Å². The summed E-state index contributed by atoms with van der Waals surface area (Å²) >= 11 is 3.78. The van der Waals surface area contributed by atoms with Gasteiger partial charge in [0.1, 0.15) is 19.0 Å². The second-order valence-corrected chi connectivity index (χ2v) is 12.4. The molecule has 0 nitrogen and oxygen atoms in total. The number of thiophene rings is 2. The molecule has 0 fully saturated rings. The minimum Gasteiger partial charge on any atom is -0.138 e. The summed E-state index contributed by atoms with van der Waals surface area (Å²) in [7, 11) is -0.715. The molecule has 160 valence electrons. The van der Waals surface area contributed by atoms with Gasteiger partial charge in [0.2, 0.25) is 0 Å². The average Bonchev–Trinajstić information content (AvgIpc) is 3.32. The first kappa shape index (κ1) is 22.0. The summed E-state index contributed by atoms with van der Waals surface area (Å²) < 4.78 is 4.01. The van der Waals surface area contributed by atoms with Crippen LogP contribution >= 0.6 is 22.7 Å². The van der Waals surface area contributed by atoms with Crippen LogP contribution in [0.5, 0.6) is 0 Å². The van der Waals surface area contributed by atoms with Gasteiger partial charge in [-0.25, -0.2) is 0 Å². The van der Waals surface area contributed by atoms with Crippen molar-refractivity contribution < 1.29 is 0 Å². The predicted octanol–water partition coefficient (Wildman–Crippen LogP) is 4.89. The van der Waals surface area contributed by atoms with Crippen molar-refractivity contribution in [2.75, 3.05) is 0 Å². The smallest absolute Gasteiger partial charge is 0.104 e. The van der Waals surface area contributed by atoms with E-state index in [9.17, 15) is 0 Å². The summed E-state index contributed by atoms with van der Waals surface area (Å²) in [6.45, 7) is 11.0. The molecular weight excluding hydrogens is 469 g/mol. The van der Waals surface area contributed by atoms with E-state index in [0.717, 1.165) is 16.0 Å². The van der Waals surface area contributed by atoms with Gasteiger partial charge < -0.3 is 0 Å². The summed E-state index contributed by atoms with van der Waals surface area (Å²) in [6, 6.07) is 19.4. The molecule has 2 aromatic heterocycles. The Morgan fingerprint density at radius 1 is 0.909 bits per heavy atom. The third-order valence-electron chi connectivity index (χ3n) is 5.81. The Morgan fingerprint density at radius 3 is 2.45 bits per heavy atom. The van der Waals surface area contributed by atoms with E-state index in [1.807, 2.05) is 22.7 Å². The Morgan fingerprint density at radius 2 is 1.67 bits per heavy atom. The first-order chi connectivity index (χ1) is 16.1. The molecule has 0 amide bonds. The molecule has 0 saturated heterocycles. The second kappa shape index (κ2) is 9.17. The maximum atomic E-state index is 4.31. The molecule has 3 aromatic carbocycles. The first-order valence-corrected chi connectivity index (χ1v) is 17.1. The average molecular weight is 493 g/mol. The molecule has 0 radical (unpaired) electrons. The lowest BCUT2D eigenvalue weighted by Crippen LogP contribution is -2.25. The quantitative estimate of drug-likeness (QED) is 0.231. The van der Waals surface area contributed by atoms with Gasteiger partial charge in [-0.3, -0.25) is 0 Å². The van der Waals surface area contributed by atoms with Gasteiger partial charge in [0.25, 0.3) is 0 Å². The highest BCUT2D eigenvalue weighted by atomic mass is 32.1. The molecule has 0 aliphatic heterocycles. The minimum absolute atomic E-state index is 0.342. The number of hydrogen-bond donors (Lipinski definition) is 0. The van der Waals surface area contributed by atoms with Gasteiger partial charge in [-0.2, -0.15) is 0 Å². The van der Waals surface area contributed by atoms with Crippen LogP contribution in [0.25, 0.3) is 42.4 Å².